The quantitative estimate of drug-likeness (QED) is 0.903. The summed E-state index contributed by atoms with van der Waals surface area (Å²) in [5.41, 5.74) is 2.35. The van der Waals surface area contributed by atoms with Crippen molar-refractivity contribution in [2.45, 2.75) is 46.1 Å². The van der Waals surface area contributed by atoms with Gasteiger partial charge in [0.25, 0.3) is 0 Å². The van der Waals surface area contributed by atoms with Crippen LogP contribution >= 0.6 is 0 Å². The second-order valence-electron chi connectivity index (χ2n) is 6.51. The molecule has 1 fully saturated rings. The zero-order chi connectivity index (χ0) is 15.2. The van der Waals surface area contributed by atoms with Crippen LogP contribution in [0.15, 0.2) is 24.3 Å². The molecule has 0 radical (unpaired) electrons. The molecule has 2 rings (SSSR count). The van der Waals surface area contributed by atoms with Gasteiger partial charge in [-0.1, -0.05) is 29.8 Å². The van der Waals surface area contributed by atoms with Gasteiger partial charge in [-0.2, -0.15) is 0 Å². The second-order valence-corrected chi connectivity index (χ2v) is 6.51. The lowest BCUT2D eigenvalue weighted by molar-refractivity contribution is -0.133. The number of rotatable bonds is 5. The Bertz CT molecular complexity index is 447. The van der Waals surface area contributed by atoms with Gasteiger partial charge < -0.3 is 10.2 Å². The predicted octanol–water partition coefficient (Wildman–Crippen LogP) is 2.77. The monoisotopic (exact) mass is 288 g/mol. The van der Waals surface area contributed by atoms with Crippen molar-refractivity contribution in [2.24, 2.45) is 5.92 Å². The number of carbonyl (C=O) groups excluding carboxylic acids is 1. The highest BCUT2D eigenvalue weighted by atomic mass is 16.2. The van der Waals surface area contributed by atoms with Crippen LogP contribution in [0, 0.1) is 12.8 Å². The predicted molar refractivity (Wildman–Crippen MR) is 87.3 cm³/mol. The molecule has 1 amide bonds. The van der Waals surface area contributed by atoms with E-state index >= 15 is 0 Å². The highest BCUT2D eigenvalue weighted by Gasteiger charge is 2.22. The Balaban J connectivity index is 1.96. The van der Waals surface area contributed by atoms with E-state index in [-0.39, 0.29) is 11.9 Å². The minimum absolute atomic E-state index is 0.249. The number of aryl methyl sites for hydroxylation is 1. The van der Waals surface area contributed by atoms with Gasteiger partial charge in [-0.25, -0.2) is 0 Å². The largest absolute Gasteiger partial charge is 0.340 e. The zero-order valence-corrected chi connectivity index (χ0v) is 13.6. The van der Waals surface area contributed by atoms with E-state index in [2.05, 4.69) is 55.3 Å². The highest BCUT2D eigenvalue weighted by Crippen LogP contribution is 2.15. The minimum atomic E-state index is 0.249. The van der Waals surface area contributed by atoms with Crippen LogP contribution in [0.3, 0.4) is 0 Å². The Kier molecular flexibility index (Phi) is 5.80. The van der Waals surface area contributed by atoms with Gasteiger partial charge in [0.1, 0.15) is 0 Å². The Labute approximate surface area is 128 Å². The molecule has 1 aromatic rings. The fourth-order valence-electron chi connectivity index (χ4n) is 2.94. The fraction of sp³-hybridized carbons (Fsp3) is 0.611. The number of nitrogens with one attached hydrogen (secondary N) is 1. The van der Waals surface area contributed by atoms with Crippen molar-refractivity contribution in [3.05, 3.63) is 35.4 Å². The van der Waals surface area contributed by atoms with Crippen molar-refractivity contribution in [2.75, 3.05) is 19.6 Å². The molecule has 116 valence electrons. The van der Waals surface area contributed by atoms with Gasteiger partial charge in [0.2, 0.25) is 5.91 Å². The number of hydrogen-bond acceptors (Lipinski definition) is 2. The van der Waals surface area contributed by atoms with Crippen LogP contribution in [-0.4, -0.2) is 36.5 Å². The Morgan fingerprint density at radius 2 is 2.05 bits per heavy atom. The molecule has 1 aliphatic rings. The summed E-state index contributed by atoms with van der Waals surface area (Å²) < 4.78 is 0. The smallest absolute Gasteiger partial charge is 0.227 e. The first-order valence-corrected chi connectivity index (χ1v) is 8.12. The Morgan fingerprint density at radius 3 is 2.62 bits per heavy atom. The average Bonchev–Trinajstić information content (AvgIpc) is 2.48. The van der Waals surface area contributed by atoms with E-state index in [9.17, 15) is 4.79 Å². The van der Waals surface area contributed by atoms with E-state index in [0.29, 0.717) is 12.3 Å². The number of nitrogens with zero attached hydrogens (tertiary/aromatic N) is 1. The maximum absolute atomic E-state index is 12.6. The summed E-state index contributed by atoms with van der Waals surface area (Å²) in [5.74, 6) is 0.850. The number of benzene rings is 1. The summed E-state index contributed by atoms with van der Waals surface area (Å²) in [6, 6.07) is 8.55. The van der Waals surface area contributed by atoms with Crippen LogP contribution in [0.4, 0.5) is 0 Å². The number of amides is 1. The van der Waals surface area contributed by atoms with Crippen molar-refractivity contribution in [1.29, 1.82) is 0 Å². The van der Waals surface area contributed by atoms with Crippen LogP contribution in [0.5, 0.6) is 0 Å². The van der Waals surface area contributed by atoms with Crippen molar-refractivity contribution in [3.63, 3.8) is 0 Å². The van der Waals surface area contributed by atoms with E-state index in [4.69, 9.17) is 0 Å². The van der Waals surface area contributed by atoms with E-state index in [1.807, 2.05) is 0 Å². The van der Waals surface area contributed by atoms with Gasteiger partial charge in [0.15, 0.2) is 0 Å². The van der Waals surface area contributed by atoms with E-state index in [1.54, 1.807) is 0 Å². The summed E-state index contributed by atoms with van der Waals surface area (Å²) in [6.07, 6.45) is 2.97. The maximum Gasteiger partial charge on any atom is 0.227 e. The molecular formula is C18H28N2O. The van der Waals surface area contributed by atoms with Crippen LogP contribution in [0.2, 0.25) is 0 Å². The normalized spacial score (nSPS) is 18.8. The van der Waals surface area contributed by atoms with Crippen molar-refractivity contribution in [1.82, 2.24) is 10.2 Å². The molecule has 1 saturated heterocycles. The Morgan fingerprint density at radius 1 is 1.33 bits per heavy atom. The van der Waals surface area contributed by atoms with Gasteiger partial charge >= 0.3 is 0 Å². The minimum Gasteiger partial charge on any atom is -0.340 e. The van der Waals surface area contributed by atoms with Gasteiger partial charge in [0.05, 0.1) is 6.42 Å². The number of carbonyl (C=O) groups is 1. The van der Waals surface area contributed by atoms with Crippen LogP contribution in [0.25, 0.3) is 0 Å². The lowest BCUT2D eigenvalue weighted by Gasteiger charge is -2.33. The van der Waals surface area contributed by atoms with E-state index < -0.39 is 0 Å². The topological polar surface area (TPSA) is 32.3 Å². The summed E-state index contributed by atoms with van der Waals surface area (Å²) in [4.78, 5) is 14.7. The lowest BCUT2D eigenvalue weighted by Crippen LogP contribution is -2.44. The molecule has 1 N–H and O–H groups in total. The highest BCUT2D eigenvalue weighted by molar-refractivity contribution is 5.79. The van der Waals surface area contributed by atoms with E-state index in [0.717, 1.165) is 25.2 Å². The summed E-state index contributed by atoms with van der Waals surface area (Å²) in [5, 5.41) is 3.44. The molecule has 1 atom stereocenters. The van der Waals surface area contributed by atoms with Gasteiger partial charge in [-0.05, 0) is 58.2 Å². The molecule has 3 heteroatoms. The first-order chi connectivity index (χ1) is 10.1. The Hall–Kier alpha value is -1.35. The molecule has 0 saturated carbocycles. The summed E-state index contributed by atoms with van der Waals surface area (Å²) in [7, 11) is 0. The molecule has 0 spiro atoms. The van der Waals surface area contributed by atoms with Crippen molar-refractivity contribution < 1.29 is 4.79 Å². The molecule has 0 aromatic heterocycles. The number of piperidine rings is 1. The molecule has 0 aliphatic carbocycles. The first kappa shape index (κ1) is 16.0. The first-order valence-electron chi connectivity index (χ1n) is 8.12. The van der Waals surface area contributed by atoms with Gasteiger partial charge in [0, 0.05) is 12.6 Å². The van der Waals surface area contributed by atoms with Crippen molar-refractivity contribution in [3.8, 4) is 0 Å². The fourth-order valence-corrected chi connectivity index (χ4v) is 2.94. The third kappa shape index (κ3) is 4.85. The average molecular weight is 288 g/mol. The molecule has 3 nitrogen and oxygen atoms in total. The van der Waals surface area contributed by atoms with Gasteiger partial charge in [-0.3, -0.25) is 4.79 Å². The summed E-state index contributed by atoms with van der Waals surface area (Å²) in [6.45, 7) is 9.35. The zero-order valence-electron chi connectivity index (χ0n) is 13.6. The van der Waals surface area contributed by atoms with Gasteiger partial charge in [-0.15, -0.1) is 0 Å². The molecular weight excluding hydrogens is 260 g/mol. The molecule has 0 bridgehead atoms. The summed E-state index contributed by atoms with van der Waals surface area (Å²) >= 11 is 0. The second kappa shape index (κ2) is 7.60. The van der Waals surface area contributed by atoms with Crippen LogP contribution < -0.4 is 5.32 Å². The molecule has 1 aromatic carbocycles. The standard InChI is InChI=1S/C18H28N2O/c1-14(2)20(13-17-5-4-10-19-12-17)18(21)11-16-8-6-15(3)7-9-16/h6-9,14,17,19H,4-5,10-13H2,1-3H3. The van der Waals surface area contributed by atoms with E-state index in [1.165, 1.54) is 18.4 Å². The maximum atomic E-state index is 12.6. The third-order valence-electron chi connectivity index (χ3n) is 4.27. The molecule has 1 heterocycles. The molecule has 1 unspecified atom stereocenters. The number of hydrogen-bond donors (Lipinski definition) is 1. The third-order valence-corrected chi connectivity index (χ3v) is 4.27. The van der Waals surface area contributed by atoms with Crippen molar-refractivity contribution >= 4 is 5.91 Å². The van der Waals surface area contributed by atoms with Crippen LogP contribution in [-0.2, 0) is 11.2 Å². The molecule has 1 aliphatic heterocycles. The van der Waals surface area contributed by atoms with Crippen LogP contribution in [0.1, 0.15) is 37.8 Å². The SMILES string of the molecule is Cc1ccc(CC(=O)N(CC2CCCNC2)C(C)C)cc1. The lowest BCUT2D eigenvalue weighted by atomic mass is 9.98. The molecule has 21 heavy (non-hydrogen) atoms.